The van der Waals surface area contributed by atoms with Crippen molar-refractivity contribution in [2.24, 2.45) is 0 Å². The van der Waals surface area contributed by atoms with Crippen LogP contribution in [0.25, 0.3) is 0 Å². The van der Waals surface area contributed by atoms with Gasteiger partial charge in [0.05, 0.1) is 13.0 Å². The van der Waals surface area contributed by atoms with Crippen LogP contribution in [0.15, 0.2) is 46.8 Å². The third-order valence-electron chi connectivity index (χ3n) is 4.15. The van der Waals surface area contributed by atoms with E-state index in [0.29, 0.717) is 16.9 Å². The second-order valence-electron chi connectivity index (χ2n) is 5.54. The van der Waals surface area contributed by atoms with Crippen LogP contribution in [-0.2, 0) is 9.59 Å². The van der Waals surface area contributed by atoms with Gasteiger partial charge in [-0.25, -0.2) is 0 Å². The predicted octanol–water partition coefficient (Wildman–Crippen LogP) is 1.42. The number of para-hydroxylation sites is 1. The number of benzene rings is 1. The highest BCUT2D eigenvalue weighted by molar-refractivity contribution is 6.03. The first-order valence-electron chi connectivity index (χ1n) is 7.71. The molecule has 0 saturated carbocycles. The van der Waals surface area contributed by atoms with Crippen LogP contribution in [0.3, 0.4) is 0 Å². The van der Waals surface area contributed by atoms with E-state index in [1.54, 1.807) is 21.2 Å². The van der Waals surface area contributed by atoms with E-state index in [9.17, 15) is 9.59 Å². The zero-order valence-electron chi connectivity index (χ0n) is 14.6. The van der Waals surface area contributed by atoms with Crippen molar-refractivity contribution in [1.82, 2.24) is 16.0 Å². The molecule has 0 bridgehead atoms. The van der Waals surface area contributed by atoms with Gasteiger partial charge in [0.2, 0.25) is 11.8 Å². The molecule has 0 aliphatic carbocycles. The Balaban J connectivity index is 2.75. The topological polar surface area (TPSA) is 79.5 Å². The van der Waals surface area contributed by atoms with Crippen molar-refractivity contribution < 1.29 is 14.3 Å². The number of hydrogen-bond donors (Lipinski definition) is 3. The molecule has 1 aromatic rings. The van der Waals surface area contributed by atoms with Gasteiger partial charge in [-0.1, -0.05) is 18.2 Å². The fraction of sp³-hybridized carbons (Fsp3) is 0.333. The number of hydrogen-bond acceptors (Lipinski definition) is 4. The Bertz CT molecular complexity index is 697. The van der Waals surface area contributed by atoms with Gasteiger partial charge >= 0.3 is 0 Å². The van der Waals surface area contributed by atoms with Gasteiger partial charge in [-0.05, 0) is 19.9 Å². The van der Waals surface area contributed by atoms with Gasteiger partial charge in [-0.15, -0.1) is 0 Å². The van der Waals surface area contributed by atoms with Gasteiger partial charge in [-0.3, -0.25) is 9.59 Å². The minimum atomic E-state index is -0.512. The fourth-order valence-electron chi connectivity index (χ4n) is 3.08. The summed E-state index contributed by atoms with van der Waals surface area (Å²) in [5.41, 5.74) is 3.22. The zero-order chi connectivity index (χ0) is 17.9. The number of allylic oxidation sites excluding steroid dienone is 2. The monoisotopic (exact) mass is 329 g/mol. The Morgan fingerprint density at radius 3 is 1.96 bits per heavy atom. The summed E-state index contributed by atoms with van der Waals surface area (Å²) in [4.78, 5) is 25.0. The molecule has 1 aliphatic rings. The van der Waals surface area contributed by atoms with Gasteiger partial charge in [0.15, 0.2) is 0 Å². The van der Waals surface area contributed by atoms with Crippen molar-refractivity contribution in [3.63, 3.8) is 0 Å². The number of amides is 2. The Labute approximate surface area is 142 Å². The summed E-state index contributed by atoms with van der Waals surface area (Å²) in [5.74, 6) is -0.343. The van der Waals surface area contributed by atoms with Gasteiger partial charge < -0.3 is 20.7 Å². The van der Waals surface area contributed by atoms with E-state index >= 15 is 0 Å². The number of likely N-dealkylation sites (N-methyl/N-ethyl adjacent to an activating group) is 2. The number of ether oxygens (including phenoxy) is 1. The van der Waals surface area contributed by atoms with Gasteiger partial charge in [0.1, 0.15) is 5.75 Å². The van der Waals surface area contributed by atoms with E-state index in [-0.39, 0.29) is 11.8 Å². The van der Waals surface area contributed by atoms with E-state index in [2.05, 4.69) is 16.0 Å². The van der Waals surface area contributed by atoms with Crippen LogP contribution < -0.4 is 20.7 Å². The lowest BCUT2D eigenvalue weighted by atomic mass is 9.79. The Hall–Kier alpha value is -2.76. The summed E-state index contributed by atoms with van der Waals surface area (Å²) >= 11 is 0. The first kappa shape index (κ1) is 17.6. The van der Waals surface area contributed by atoms with Crippen molar-refractivity contribution in [3.05, 3.63) is 52.4 Å². The summed E-state index contributed by atoms with van der Waals surface area (Å²) in [6.07, 6.45) is 0. The Morgan fingerprint density at radius 2 is 1.50 bits per heavy atom. The van der Waals surface area contributed by atoms with Crippen LogP contribution in [0.1, 0.15) is 25.3 Å². The third kappa shape index (κ3) is 2.99. The highest BCUT2D eigenvalue weighted by Crippen LogP contribution is 2.41. The molecule has 0 aromatic heterocycles. The summed E-state index contributed by atoms with van der Waals surface area (Å²) in [5, 5.41) is 8.47. The van der Waals surface area contributed by atoms with Crippen LogP contribution in [0.4, 0.5) is 0 Å². The van der Waals surface area contributed by atoms with Gasteiger partial charge in [-0.2, -0.15) is 0 Å². The minimum Gasteiger partial charge on any atom is -0.496 e. The molecule has 0 unspecified atom stereocenters. The number of rotatable bonds is 4. The largest absolute Gasteiger partial charge is 0.496 e. The normalized spacial score (nSPS) is 15.0. The lowest BCUT2D eigenvalue weighted by Crippen LogP contribution is -2.37. The molecule has 2 rings (SSSR count). The molecule has 1 aromatic carbocycles. The Kier molecular flexibility index (Phi) is 5.28. The number of carbonyl (C=O) groups is 2. The van der Waals surface area contributed by atoms with Crippen LogP contribution >= 0.6 is 0 Å². The molecular weight excluding hydrogens is 306 g/mol. The number of carbonyl (C=O) groups excluding carboxylic acids is 2. The van der Waals surface area contributed by atoms with Crippen LogP contribution in [0.5, 0.6) is 5.75 Å². The second-order valence-corrected chi connectivity index (χ2v) is 5.54. The fourth-order valence-corrected chi connectivity index (χ4v) is 3.08. The van der Waals surface area contributed by atoms with Crippen molar-refractivity contribution in [1.29, 1.82) is 0 Å². The summed E-state index contributed by atoms with van der Waals surface area (Å²) < 4.78 is 5.46. The molecule has 6 heteroatoms. The van der Waals surface area contributed by atoms with Crippen LogP contribution in [0, 0.1) is 0 Å². The van der Waals surface area contributed by atoms with E-state index in [4.69, 9.17) is 4.74 Å². The second kappa shape index (κ2) is 7.21. The maximum absolute atomic E-state index is 12.5. The molecule has 0 fully saturated rings. The third-order valence-corrected chi connectivity index (χ3v) is 4.15. The first-order valence-corrected chi connectivity index (χ1v) is 7.71. The molecule has 6 nitrogen and oxygen atoms in total. The van der Waals surface area contributed by atoms with Gasteiger partial charge in [0.25, 0.3) is 0 Å². The average molecular weight is 329 g/mol. The molecule has 0 radical (unpaired) electrons. The molecular formula is C18H23N3O3. The predicted molar refractivity (Wildman–Crippen MR) is 92.4 cm³/mol. The zero-order valence-corrected chi connectivity index (χ0v) is 14.6. The Morgan fingerprint density at radius 1 is 1.00 bits per heavy atom. The van der Waals surface area contributed by atoms with E-state index in [1.807, 2.05) is 38.1 Å². The van der Waals surface area contributed by atoms with E-state index in [0.717, 1.165) is 17.0 Å². The van der Waals surface area contributed by atoms with E-state index < -0.39 is 5.92 Å². The smallest absolute Gasteiger partial charge is 0.249 e. The van der Waals surface area contributed by atoms with Crippen molar-refractivity contribution in [3.8, 4) is 5.75 Å². The maximum Gasteiger partial charge on any atom is 0.249 e. The highest BCUT2D eigenvalue weighted by atomic mass is 16.5. The molecule has 2 amide bonds. The maximum atomic E-state index is 12.5. The average Bonchev–Trinajstić information content (AvgIpc) is 2.59. The number of methoxy groups -OCH3 is 1. The highest BCUT2D eigenvalue weighted by Gasteiger charge is 2.37. The van der Waals surface area contributed by atoms with Crippen LogP contribution in [-0.4, -0.2) is 33.0 Å². The quantitative estimate of drug-likeness (QED) is 0.781. The van der Waals surface area contributed by atoms with Crippen LogP contribution in [0.2, 0.25) is 0 Å². The number of nitrogens with one attached hydrogen (secondary N) is 3. The molecule has 0 saturated heterocycles. The molecule has 128 valence electrons. The molecule has 3 N–H and O–H groups in total. The standard InChI is InChI=1S/C18H23N3O3/c1-10-14(17(22)19-3)16(12-8-6-7-9-13(12)24-5)15(11(2)21-10)18(23)20-4/h6-9,16,21H,1-5H3,(H,19,22)(H,20,23). The lowest BCUT2D eigenvalue weighted by molar-refractivity contribution is -0.117. The molecule has 1 heterocycles. The van der Waals surface area contributed by atoms with Crippen molar-refractivity contribution >= 4 is 11.8 Å². The summed E-state index contributed by atoms with van der Waals surface area (Å²) in [6.45, 7) is 3.66. The van der Waals surface area contributed by atoms with E-state index in [1.165, 1.54) is 0 Å². The summed E-state index contributed by atoms with van der Waals surface area (Å²) in [6, 6.07) is 7.43. The van der Waals surface area contributed by atoms with Crippen molar-refractivity contribution in [2.45, 2.75) is 19.8 Å². The lowest BCUT2D eigenvalue weighted by Gasteiger charge is -2.31. The minimum absolute atomic E-state index is 0.232. The molecule has 1 aliphatic heterocycles. The molecule has 0 atom stereocenters. The van der Waals surface area contributed by atoms with Crippen molar-refractivity contribution in [2.75, 3.05) is 21.2 Å². The van der Waals surface area contributed by atoms with Gasteiger partial charge in [0, 0.05) is 42.2 Å². The first-order chi connectivity index (χ1) is 11.5. The molecule has 0 spiro atoms. The SMILES string of the molecule is CNC(=O)C1=C(C)NC(C)=C(C(=O)NC)C1c1ccccc1OC. The summed E-state index contributed by atoms with van der Waals surface area (Å²) in [7, 11) is 4.73. The molecule has 24 heavy (non-hydrogen) atoms. The number of dihydropyridines is 1.